The molecule has 0 spiro atoms. The second kappa shape index (κ2) is 5.42. The van der Waals surface area contributed by atoms with Gasteiger partial charge in [0.2, 0.25) is 5.71 Å². The molecule has 3 nitrogen and oxygen atoms in total. The van der Waals surface area contributed by atoms with Crippen LogP contribution in [-0.4, -0.2) is 22.8 Å². The van der Waals surface area contributed by atoms with E-state index in [0.29, 0.717) is 6.54 Å². The highest BCUT2D eigenvalue weighted by Crippen LogP contribution is 2.37. The van der Waals surface area contributed by atoms with Gasteiger partial charge in [0.15, 0.2) is 6.54 Å². The van der Waals surface area contributed by atoms with Gasteiger partial charge < -0.3 is 5.11 Å². The third kappa shape index (κ3) is 2.13. The van der Waals surface area contributed by atoms with Crippen molar-refractivity contribution < 1.29 is 9.79 Å². The summed E-state index contributed by atoms with van der Waals surface area (Å²) < 4.78 is 1.89. The van der Waals surface area contributed by atoms with Crippen LogP contribution in [0.2, 0.25) is 0 Å². The van der Waals surface area contributed by atoms with Crippen LogP contribution in [0.5, 0.6) is 0 Å². The van der Waals surface area contributed by atoms with Crippen molar-refractivity contribution in [3.05, 3.63) is 95.6 Å². The van der Waals surface area contributed by atoms with Crippen LogP contribution in [0.3, 0.4) is 0 Å². The fourth-order valence-electron chi connectivity index (χ4n) is 3.83. The number of nitrogens with zero attached hydrogens (tertiary/aromatic N) is 2. The Morgan fingerprint density at radius 3 is 1.84 bits per heavy atom. The molecule has 3 aromatic carbocycles. The standard InChI is InChI=1S/C22H16N2O/c25-22-20(15-8-2-1-3-9-15)14-24(23-22)21-18-12-6-4-10-16(18)17-11-5-7-13-19(17)21/h1-13,20H,14H2. The molecule has 0 N–H and O–H groups in total. The van der Waals surface area contributed by atoms with Crippen molar-refractivity contribution in [2.24, 2.45) is 5.10 Å². The first kappa shape index (κ1) is 14.2. The normalized spacial score (nSPS) is 18.1. The summed E-state index contributed by atoms with van der Waals surface area (Å²) in [5.41, 5.74) is 6.78. The van der Waals surface area contributed by atoms with Crippen LogP contribution in [0.1, 0.15) is 22.6 Å². The SMILES string of the molecule is [O-]C1=N[N+](=C2c3ccccc3-c3ccccc32)CC1c1ccccc1. The summed E-state index contributed by atoms with van der Waals surface area (Å²) in [6.45, 7) is 0.584. The van der Waals surface area contributed by atoms with Crippen LogP contribution >= 0.6 is 0 Å². The number of hydrazone groups is 1. The lowest BCUT2D eigenvalue weighted by molar-refractivity contribution is -0.524. The zero-order valence-electron chi connectivity index (χ0n) is 13.6. The van der Waals surface area contributed by atoms with E-state index in [-0.39, 0.29) is 11.8 Å². The molecule has 0 amide bonds. The number of fused-ring (bicyclic) bond motifs is 3. The molecule has 120 valence electrons. The number of hydrogen-bond donors (Lipinski definition) is 0. The summed E-state index contributed by atoms with van der Waals surface area (Å²) in [4.78, 5) is 0. The van der Waals surface area contributed by atoms with Crippen LogP contribution in [0, 0.1) is 0 Å². The fourth-order valence-corrected chi connectivity index (χ4v) is 3.83. The smallest absolute Gasteiger partial charge is 0.247 e. The van der Waals surface area contributed by atoms with Gasteiger partial charge in [-0.05, 0) is 33.9 Å². The van der Waals surface area contributed by atoms with Gasteiger partial charge in [-0.1, -0.05) is 71.4 Å². The summed E-state index contributed by atoms with van der Waals surface area (Å²) in [6, 6.07) is 26.6. The van der Waals surface area contributed by atoms with Crippen molar-refractivity contribution >= 4 is 11.6 Å². The van der Waals surface area contributed by atoms with E-state index in [1.165, 1.54) is 11.1 Å². The molecule has 0 fully saturated rings. The van der Waals surface area contributed by atoms with Gasteiger partial charge in [-0.25, -0.2) is 0 Å². The third-order valence-electron chi connectivity index (χ3n) is 4.99. The lowest BCUT2D eigenvalue weighted by atomic mass is 9.99. The molecule has 3 heteroatoms. The Kier molecular flexibility index (Phi) is 3.07. The lowest BCUT2D eigenvalue weighted by Crippen LogP contribution is -2.24. The van der Waals surface area contributed by atoms with Gasteiger partial charge in [-0.15, -0.1) is 0 Å². The molecular formula is C22H16N2O. The highest BCUT2D eigenvalue weighted by molar-refractivity contribution is 6.22. The highest BCUT2D eigenvalue weighted by atomic mass is 16.3. The molecular weight excluding hydrogens is 308 g/mol. The van der Waals surface area contributed by atoms with Crippen molar-refractivity contribution in [1.29, 1.82) is 0 Å². The second-order valence-corrected chi connectivity index (χ2v) is 6.42. The maximum absolute atomic E-state index is 12.5. The van der Waals surface area contributed by atoms with Gasteiger partial charge in [0.1, 0.15) is 0 Å². The van der Waals surface area contributed by atoms with E-state index in [1.807, 2.05) is 47.1 Å². The Morgan fingerprint density at radius 1 is 0.720 bits per heavy atom. The summed E-state index contributed by atoms with van der Waals surface area (Å²) in [5.74, 6) is -0.269. The molecule has 5 rings (SSSR count). The molecule has 0 bridgehead atoms. The Balaban J connectivity index is 1.69. The average Bonchev–Trinajstić information content (AvgIpc) is 3.20. The van der Waals surface area contributed by atoms with Crippen molar-refractivity contribution in [3.63, 3.8) is 0 Å². The largest absolute Gasteiger partial charge is 0.857 e. The summed E-state index contributed by atoms with van der Waals surface area (Å²) in [5, 5.41) is 16.9. The van der Waals surface area contributed by atoms with Crippen LogP contribution in [-0.2, 0) is 0 Å². The molecule has 0 saturated heterocycles. The van der Waals surface area contributed by atoms with Crippen LogP contribution < -0.4 is 5.11 Å². The first-order valence-corrected chi connectivity index (χ1v) is 8.47. The summed E-state index contributed by atoms with van der Waals surface area (Å²) in [6.07, 6.45) is 0. The molecule has 2 aliphatic rings. The van der Waals surface area contributed by atoms with E-state index < -0.39 is 0 Å². The highest BCUT2D eigenvalue weighted by Gasteiger charge is 2.36. The first-order valence-electron chi connectivity index (χ1n) is 8.47. The quantitative estimate of drug-likeness (QED) is 0.496. The van der Waals surface area contributed by atoms with Gasteiger partial charge in [0.05, 0.1) is 17.0 Å². The van der Waals surface area contributed by atoms with E-state index in [0.717, 1.165) is 22.4 Å². The minimum atomic E-state index is -0.200. The van der Waals surface area contributed by atoms with Crippen LogP contribution in [0.15, 0.2) is 84.0 Å². The van der Waals surface area contributed by atoms with E-state index in [2.05, 4.69) is 41.5 Å². The van der Waals surface area contributed by atoms with E-state index in [4.69, 9.17) is 0 Å². The monoisotopic (exact) mass is 324 g/mol. The summed E-state index contributed by atoms with van der Waals surface area (Å²) >= 11 is 0. The molecule has 1 aliphatic carbocycles. The van der Waals surface area contributed by atoms with Gasteiger partial charge in [0.25, 0.3) is 0 Å². The molecule has 25 heavy (non-hydrogen) atoms. The molecule has 0 radical (unpaired) electrons. The van der Waals surface area contributed by atoms with Crippen LogP contribution in [0.25, 0.3) is 11.1 Å². The molecule has 0 aromatic heterocycles. The van der Waals surface area contributed by atoms with Gasteiger partial charge in [-0.2, -0.15) is 0 Å². The van der Waals surface area contributed by atoms with E-state index in [9.17, 15) is 5.11 Å². The van der Waals surface area contributed by atoms with Crippen molar-refractivity contribution in [3.8, 4) is 11.1 Å². The predicted molar refractivity (Wildman–Crippen MR) is 96.8 cm³/mol. The molecule has 3 aromatic rings. The average molecular weight is 324 g/mol. The van der Waals surface area contributed by atoms with E-state index >= 15 is 0 Å². The van der Waals surface area contributed by atoms with Crippen molar-refractivity contribution in [2.45, 2.75) is 5.92 Å². The zero-order chi connectivity index (χ0) is 16.8. The number of hydrogen-bond acceptors (Lipinski definition) is 2. The Morgan fingerprint density at radius 2 is 1.24 bits per heavy atom. The van der Waals surface area contributed by atoms with Crippen molar-refractivity contribution in [1.82, 2.24) is 0 Å². The second-order valence-electron chi connectivity index (χ2n) is 6.42. The molecule has 1 unspecified atom stereocenters. The fraction of sp³-hybridized carbons (Fsp3) is 0.0909. The number of benzene rings is 3. The van der Waals surface area contributed by atoms with E-state index in [1.54, 1.807) is 0 Å². The maximum Gasteiger partial charge on any atom is 0.247 e. The minimum absolute atomic E-state index is 0.0689. The minimum Gasteiger partial charge on any atom is -0.857 e. The Hall–Kier alpha value is -3.20. The third-order valence-corrected chi connectivity index (χ3v) is 4.99. The van der Waals surface area contributed by atoms with Gasteiger partial charge in [-0.3, -0.25) is 0 Å². The molecule has 1 atom stereocenters. The molecule has 1 aliphatic heterocycles. The Bertz CT molecular complexity index is 987. The first-order chi connectivity index (χ1) is 12.3. The van der Waals surface area contributed by atoms with Gasteiger partial charge in [0, 0.05) is 5.90 Å². The molecule has 0 saturated carbocycles. The molecule has 1 heterocycles. The zero-order valence-corrected chi connectivity index (χ0v) is 13.6. The van der Waals surface area contributed by atoms with Gasteiger partial charge >= 0.3 is 0 Å². The predicted octanol–water partition coefficient (Wildman–Crippen LogP) is 2.99. The van der Waals surface area contributed by atoms with Crippen LogP contribution in [0.4, 0.5) is 0 Å². The lowest BCUT2D eigenvalue weighted by Gasteiger charge is -2.11. The topological polar surface area (TPSA) is 38.4 Å². The maximum atomic E-state index is 12.5. The number of rotatable bonds is 1. The summed E-state index contributed by atoms with van der Waals surface area (Å²) in [7, 11) is 0. The van der Waals surface area contributed by atoms with Crippen molar-refractivity contribution in [2.75, 3.05) is 6.54 Å². The Labute approximate surface area is 146 Å².